The minimum Gasteiger partial charge on any atom is -0.494 e. The summed E-state index contributed by atoms with van der Waals surface area (Å²) in [5.41, 5.74) is 0.0572. The molecule has 0 radical (unpaired) electrons. The molecule has 0 saturated heterocycles. The number of methoxy groups -OCH3 is 2. The molecule has 0 aliphatic heterocycles. The Bertz CT molecular complexity index is 467. The Hall–Kier alpha value is -1.42. The monoisotopic (exact) mass is 280 g/mol. The van der Waals surface area contributed by atoms with Crippen LogP contribution in [0, 0.1) is 11.7 Å². The minimum atomic E-state index is -0.599. The molecule has 4 heteroatoms. The first-order valence-electron chi connectivity index (χ1n) is 7.08. The van der Waals surface area contributed by atoms with Gasteiger partial charge in [-0.3, -0.25) is 4.79 Å². The highest BCUT2D eigenvalue weighted by Crippen LogP contribution is 2.31. The molecule has 110 valence electrons. The predicted octanol–water partition coefficient (Wildman–Crippen LogP) is 3.61. The van der Waals surface area contributed by atoms with Crippen molar-refractivity contribution in [1.29, 1.82) is 0 Å². The van der Waals surface area contributed by atoms with Crippen molar-refractivity contribution in [3.8, 4) is 5.75 Å². The number of rotatable bonds is 5. The van der Waals surface area contributed by atoms with Crippen LogP contribution >= 0.6 is 0 Å². The Labute approximate surface area is 119 Å². The lowest BCUT2D eigenvalue weighted by atomic mass is 9.82. The Morgan fingerprint density at radius 2 is 1.95 bits per heavy atom. The Morgan fingerprint density at radius 1 is 1.25 bits per heavy atom. The van der Waals surface area contributed by atoms with Gasteiger partial charge in [0.05, 0.1) is 12.7 Å². The lowest BCUT2D eigenvalue weighted by Gasteiger charge is -2.28. The number of ketones is 1. The summed E-state index contributed by atoms with van der Waals surface area (Å²) in [5.74, 6) is -0.602. The second-order valence-electron chi connectivity index (χ2n) is 5.24. The summed E-state index contributed by atoms with van der Waals surface area (Å²) in [6.45, 7) is 0. The van der Waals surface area contributed by atoms with Gasteiger partial charge in [0.2, 0.25) is 0 Å². The molecular weight excluding hydrogens is 259 g/mol. The van der Waals surface area contributed by atoms with E-state index >= 15 is 0 Å². The van der Waals surface area contributed by atoms with Gasteiger partial charge in [0.25, 0.3) is 0 Å². The van der Waals surface area contributed by atoms with Crippen molar-refractivity contribution in [2.75, 3.05) is 14.2 Å². The van der Waals surface area contributed by atoms with Crippen LogP contribution in [-0.4, -0.2) is 26.1 Å². The summed E-state index contributed by atoms with van der Waals surface area (Å²) in [5, 5.41) is 0. The average molecular weight is 280 g/mol. The van der Waals surface area contributed by atoms with E-state index in [1.807, 2.05) is 0 Å². The minimum absolute atomic E-state index is 0.0572. The number of carbonyl (C=O) groups excluding carboxylic acids is 1. The quantitative estimate of drug-likeness (QED) is 0.773. The van der Waals surface area contributed by atoms with Crippen LogP contribution < -0.4 is 4.74 Å². The van der Waals surface area contributed by atoms with Crippen molar-refractivity contribution in [1.82, 2.24) is 0 Å². The third kappa shape index (κ3) is 3.01. The average Bonchev–Trinajstić information content (AvgIpc) is 2.49. The molecule has 1 saturated carbocycles. The fourth-order valence-corrected chi connectivity index (χ4v) is 2.96. The van der Waals surface area contributed by atoms with Gasteiger partial charge < -0.3 is 9.47 Å². The second kappa shape index (κ2) is 6.84. The highest BCUT2D eigenvalue weighted by Gasteiger charge is 2.32. The van der Waals surface area contributed by atoms with Gasteiger partial charge in [-0.1, -0.05) is 25.3 Å². The van der Waals surface area contributed by atoms with E-state index < -0.39 is 11.9 Å². The number of Topliss-reactive ketones (excluding diaryl/α,β-unsaturated/α-hetero) is 1. The topological polar surface area (TPSA) is 35.5 Å². The third-order valence-electron chi connectivity index (χ3n) is 4.04. The van der Waals surface area contributed by atoms with E-state index in [-0.39, 0.29) is 23.0 Å². The normalized spacial score (nSPS) is 17.8. The largest absolute Gasteiger partial charge is 0.494 e. The SMILES string of the molecule is COc1cccc(C(=O)C(OC)C2CCCCC2)c1F. The molecule has 0 aromatic heterocycles. The smallest absolute Gasteiger partial charge is 0.194 e. The van der Waals surface area contributed by atoms with Crippen LogP contribution in [0.3, 0.4) is 0 Å². The summed E-state index contributed by atoms with van der Waals surface area (Å²) in [7, 11) is 2.91. The zero-order chi connectivity index (χ0) is 14.5. The maximum atomic E-state index is 14.2. The molecule has 1 aromatic rings. The summed E-state index contributed by atoms with van der Waals surface area (Å²) < 4.78 is 24.5. The zero-order valence-corrected chi connectivity index (χ0v) is 12.0. The number of hydrogen-bond donors (Lipinski definition) is 0. The van der Waals surface area contributed by atoms with Gasteiger partial charge in [-0.15, -0.1) is 0 Å². The van der Waals surface area contributed by atoms with Crippen LogP contribution in [-0.2, 0) is 4.74 Å². The second-order valence-corrected chi connectivity index (χ2v) is 5.24. The standard InChI is InChI=1S/C16H21FO3/c1-19-13-10-6-9-12(14(13)17)15(18)16(20-2)11-7-4-3-5-8-11/h6,9-11,16H,3-5,7-8H2,1-2H3. The van der Waals surface area contributed by atoms with Crippen LogP contribution in [0.2, 0.25) is 0 Å². The molecule has 20 heavy (non-hydrogen) atoms. The van der Waals surface area contributed by atoms with Crippen molar-refractivity contribution >= 4 is 5.78 Å². The van der Waals surface area contributed by atoms with E-state index in [0.29, 0.717) is 0 Å². The first-order valence-corrected chi connectivity index (χ1v) is 7.08. The lowest BCUT2D eigenvalue weighted by Crippen LogP contribution is -2.33. The van der Waals surface area contributed by atoms with Crippen molar-refractivity contribution < 1.29 is 18.7 Å². The molecule has 1 aliphatic rings. The molecule has 0 N–H and O–H groups in total. The first-order chi connectivity index (χ1) is 9.69. The van der Waals surface area contributed by atoms with E-state index in [4.69, 9.17) is 9.47 Å². The molecule has 2 rings (SSSR count). The van der Waals surface area contributed by atoms with E-state index in [9.17, 15) is 9.18 Å². The summed E-state index contributed by atoms with van der Waals surface area (Å²) in [6, 6.07) is 4.63. The maximum absolute atomic E-state index is 14.2. The van der Waals surface area contributed by atoms with E-state index in [1.54, 1.807) is 6.07 Å². The number of hydrogen-bond acceptors (Lipinski definition) is 3. The predicted molar refractivity (Wildman–Crippen MR) is 74.7 cm³/mol. The molecule has 1 atom stereocenters. The van der Waals surface area contributed by atoms with Gasteiger partial charge in [0, 0.05) is 7.11 Å². The van der Waals surface area contributed by atoms with Gasteiger partial charge in [0.1, 0.15) is 6.10 Å². The number of carbonyl (C=O) groups is 1. The van der Waals surface area contributed by atoms with Crippen LogP contribution in [0.25, 0.3) is 0 Å². The highest BCUT2D eigenvalue weighted by atomic mass is 19.1. The van der Waals surface area contributed by atoms with E-state index in [1.165, 1.54) is 32.8 Å². The van der Waals surface area contributed by atoms with Gasteiger partial charge in [-0.2, -0.15) is 0 Å². The fourth-order valence-electron chi connectivity index (χ4n) is 2.96. The molecule has 1 aliphatic carbocycles. The summed E-state index contributed by atoms with van der Waals surface area (Å²) in [6.07, 6.45) is 4.80. The third-order valence-corrected chi connectivity index (χ3v) is 4.04. The Kier molecular flexibility index (Phi) is 5.12. The van der Waals surface area contributed by atoms with Crippen LogP contribution in [0.4, 0.5) is 4.39 Å². The van der Waals surface area contributed by atoms with Crippen LogP contribution in [0.1, 0.15) is 42.5 Å². The summed E-state index contributed by atoms with van der Waals surface area (Å²) >= 11 is 0. The highest BCUT2D eigenvalue weighted by molar-refractivity contribution is 6.00. The number of halogens is 1. The van der Waals surface area contributed by atoms with E-state index in [0.717, 1.165) is 25.7 Å². The Morgan fingerprint density at radius 3 is 2.55 bits per heavy atom. The first kappa shape index (κ1) is 15.0. The zero-order valence-electron chi connectivity index (χ0n) is 12.0. The number of benzene rings is 1. The van der Waals surface area contributed by atoms with Gasteiger partial charge in [-0.05, 0) is 30.9 Å². The van der Waals surface area contributed by atoms with Crippen molar-refractivity contribution in [2.24, 2.45) is 5.92 Å². The molecule has 0 amide bonds. The molecule has 1 fully saturated rings. The van der Waals surface area contributed by atoms with Crippen molar-refractivity contribution in [3.63, 3.8) is 0 Å². The molecule has 0 spiro atoms. The van der Waals surface area contributed by atoms with Crippen LogP contribution in [0.5, 0.6) is 5.75 Å². The molecule has 1 aromatic carbocycles. The maximum Gasteiger partial charge on any atom is 0.194 e. The lowest BCUT2D eigenvalue weighted by molar-refractivity contribution is 0.0310. The van der Waals surface area contributed by atoms with E-state index in [2.05, 4.69) is 0 Å². The van der Waals surface area contributed by atoms with Crippen molar-refractivity contribution in [2.45, 2.75) is 38.2 Å². The van der Waals surface area contributed by atoms with Crippen LogP contribution in [0.15, 0.2) is 18.2 Å². The number of ether oxygens (including phenoxy) is 2. The molecule has 0 heterocycles. The summed E-state index contributed by atoms with van der Waals surface area (Å²) in [4.78, 5) is 12.5. The van der Waals surface area contributed by atoms with Crippen molar-refractivity contribution in [3.05, 3.63) is 29.6 Å². The molecule has 1 unspecified atom stereocenters. The van der Waals surface area contributed by atoms with Gasteiger partial charge in [0.15, 0.2) is 17.3 Å². The Balaban J connectivity index is 2.24. The molecular formula is C16H21FO3. The fraction of sp³-hybridized carbons (Fsp3) is 0.562. The van der Waals surface area contributed by atoms with Gasteiger partial charge >= 0.3 is 0 Å². The van der Waals surface area contributed by atoms with Gasteiger partial charge in [-0.25, -0.2) is 4.39 Å². The molecule has 3 nitrogen and oxygen atoms in total. The molecule has 0 bridgehead atoms.